The Morgan fingerprint density at radius 3 is 2.80 bits per heavy atom. The number of pyridine rings is 1. The Labute approximate surface area is 177 Å². The number of aromatic nitrogens is 3. The van der Waals surface area contributed by atoms with Crippen molar-refractivity contribution in [1.29, 1.82) is 0 Å². The molecule has 1 aliphatic carbocycles. The van der Waals surface area contributed by atoms with E-state index in [0.717, 1.165) is 11.4 Å². The summed E-state index contributed by atoms with van der Waals surface area (Å²) in [6, 6.07) is 3.03. The molecule has 0 unspecified atom stereocenters. The van der Waals surface area contributed by atoms with Crippen molar-refractivity contribution in [1.82, 2.24) is 25.2 Å². The van der Waals surface area contributed by atoms with E-state index in [9.17, 15) is 14.0 Å². The van der Waals surface area contributed by atoms with E-state index in [1.54, 1.807) is 17.9 Å². The van der Waals surface area contributed by atoms with E-state index in [0.29, 0.717) is 56.8 Å². The lowest BCUT2D eigenvalue weighted by Gasteiger charge is -2.38. The summed E-state index contributed by atoms with van der Waals surface area (Å²) >= 11 is 0. The van der Waals surface area contributed by atoms with Gasteiger partial charge in [0.15, 0.2) is 0 Å². The number of piperazine rings is 1. The molecular formula is C21H27FN6O2. The van der Waals surface area contributed by atoms with Crippen LogP contribution in [-0.4, -0.2) is 65.5 Å². The van der Waals surface area contributed by atoms with Gasteiger partial charge in [-0.05, 0) is 44.2 Å². The van der Waals surface area contributed by atoms with Crippen LogP contribution in [0.5, 0.6) is 0 Å². The van der Waals surface area contributed by atoms with Crippen LogP contribution in [-0.2, 0) is 12.8 Å². The first-order valence-corrected chi connectivity index (χ1v) is 10.2. The van der Waals surface area contributed by atoms with Crippen LogP contribution in [0.3, 0.4) is 0 Å². The number of hydrogen-bond acceptors (Lipinski definition) is 6. The Morgan fingerprint density at radius 1 is 1.33 bits per heavy atom. The minimum absolute atomic E-state index is 0.0176. The zero-order valence-electron chi connectivity index (χ0n) is 19.2. The summed E-state index contributed by atoms with van der Waals surface area (Å²) in [5.41, 5.74) is 2.11. The molecule has 1 saturated heterocycles. The predicted octanol–water partition coefficient (Wildman–Crippen LogP) is 0.899. The van der Waals surface area contributed by atoms with E-state index >= 15 is 0 Å². The van der Waals surface area contributed by atoms with Gasteiger partial charge in [-0.15, -0.1) is 0 Å². The summed E-state index contributed by atoms with van der Waals surface area (Å²) < 4.78 is 32.1. The Bertz CT molecular complexity index is 1080. The Kier molecular flexibility index (Phi) is 5.11. The van der Waals surface area contributed by atoms with Gasteiger partial charge in [0.2, 0.25) is 5.95 Å². The van der Waals surface area contributed by atoms with E-state index in [1.165, 1.54) is 13.1 Å². The van der Waals surface area contributed by atoms with E-state index in [-0.39, 0.29) is 17.2 Å². The van der Waals surface area contributed by atoms with Crippen LogP contribution in [0.15, 0.2) is 16.9 Å². The molecule has 3 heterocycles. The van der Waals surface area contributed by atoms with Gasteiger partial charge >= 0.3 is 0 Å². The average molecular weight is 416 g/mol. The van der Waals surface area contributed by atoms with Crippen molar-refractivity contribution in [3.8, 4) is 0 Å². The van der Waals surface area contributed by atoms with Crippen molar-refractivity contribution in [2.24, 2.45) is 5.92 Å². The highest BCUT2D eigenvalue weighted by molar-refractivity contribution is 5.92. The normalized spacial score (nSPS) is 20.9. The first-order chi connectivity index (χ1) is 15.2. The maximum atomic E-state index is 14.5. The van der Waals surface area contributed by atoms with Crippen molar-refractivity contribution in [2.75, 3.05) is 44.6 Å². The molecule has 0 saturated carbocycles. The molecule has 0 radical (unpaired) electrons. The number of aryl methyl sites for hydroxylation is 2. The minimum Gasteiger partial charge on any atom is -0.365 e. The molecule has 2 aromatic heterocycles. The number of nitrogens with zero attached hydrogens (tertiary/aromatic N) is 4. The number of anilines is 1. The molecule has 2 aromatic rings. The first-order valence-electron chi connectivity index (χ1n) is 11.2. The predicted molar refractivity (Wildman–Crippen MR) is 111 cm³/mol. The van der Waals surface area contributed by atoms with Crippen LogP contribution < -0.4 is 15.8 Å². The molecular weight excluding hydrogens is 387 g/mol. The molecule has 2 N–H and O–H groups in total. The number of halogens is 1. The molecule has 0 bridgehead atoms. The fourth-order valence-electron chi connectivity index (χ4n) is 4.02. The molecule has 160 valence electrons. The lowest BCUT2D eigenvalue weighted by Crippen LogP contribution is -2.48. The molecule has 30 heavy (non-hydrogen) atoms. The van der Waals surface area contributed by atoms with Gasteiger partial charge in [-0.1, -0.05) is 0 Å². The van der Waals surface area contributed by atoms with E-state index in [1.807, 2.05) is 4.90 Å². The third-order valence-corrected chi connectivity index (χ3v) is 5.70. The summed E-state index contributed by atoms with van der Waals surface area (Å²) in [6.07, 6.45) is 1.72. The average Bonchev–Trinajstić information content (AvgIpc) is 2.79. The van der Waals surface area contributed by atoms with Gasteiger partial charge in [-0.25, -0.2) is 4.98 Å². The maximum Gasteiger partial charge on any atom is 0.269 e. The highest BCUT2D eigenvalue weighted by Gasteiger charge is 2.26. The first kappa shape index (κ1) is 18.0. The van der Waals surface area contributed by atoms with Crippen LogP contribution in [0.2, 0.25) is 0 Å². The number of aromatic amines is 1. The molecule has 1 aliphatic heterocycles. The van der Waals surface area contributed by atoms with Gasteiger partial charge in [-0.3, -0.25) is 19.5 Å². The number of fused-ring (bicyclic) bond motifs is 1. The third-order valence-electron chi connectivity index (χ3n) is 5.70. The molecule has 1 atom stereocenters. The summed E-state index contributed by atoms with van der Waals surface area (Å²) in [5.74, 6) is -1.43. The quantitative estimate of drug-likeness (QED) is 0.720. The molecule has 0 aromatic carbocycles. The highest BCUT2D eigenvalue weighted by atomic mass is 19.1. The maximum absolute atomic E-state index is 14.5. The second kappa shape index (κ2) is 8.51. The summed E-state index contributed by atoms with van der Waals surface area (Å²) in [7, 11) is 1.46. The van der Waals surface area contributed by atoms with Crippen LogP contribution in [0, 0.1) is 18.8 Å². The molecule has 8 nitrogen and oxygen atoms in total. The summed E-state index contributed by atoms with van der Waals surface area (Å²) in [5, 5.41) is 2.42. The van der Waals surface area contributed by atoms with Gasteiger partial charge < -0.3 is 15.2 Å². The topological polar surface area (TPSA) is 94.2 Å². The molecule has 0 spiro atoms. The number of rotatable bonds is 4. The highest BCUT2D eigenvalue weighted by Crippen LogP contribution is 2.25. The minimum atomic E-state index is -1.56. The van der Waals surface area contributed by atoms with Gasteiger partial charge in [0.05, 0.1) is 11.4 Å². The summed E-state index contributed by atoms with van der Waals surface area (Å²) in [4.78, 5) is 38.2. The Morgan fingerprint density at radius 2 is 2.10 bits per heavy atom. The number of H-pyrrole nitrogens is 1. The second-order valence-corrected chi connectivity index (χ2v) is 7.71. The molecule has 4 rings (SSSR count). The SMILES string of the molecule is [2H]C([2H])([C@H]1CCc2nc(C)c(=O)[nH]c2C1)N1CCN(c2ccc(C(=O)NC)nc2F)CC1. The zero-order chi connectivity index (χ0) is 23.0. The van der Waals surface area contributed by atoms with Crippen LogP contribution in [0.1, 0.15) is 36.7 Å². The van der Waals surface area contributed by atoms with Gasteiger partial charge in [0.25, 0.3) is 11.5 Å². The smallest absolute Gasteiger partial charge is 0.269 e. The molecule has 2 aliphatic rings. The lowest BCUT2D eigenvalue weighted by molar-refractivity contribution is 0.0957. The third kappa shape index (κ3) is 4.21. The van der Waals surface area contributed by atoms with Crippen molar-refractivity contribution < 1.29 is 11.9 Å². The van der Waals surface area contributed by atoms with Crippen LogP contribution >= 0.6 is 0 Å². The standard InChI is InChI=1S/C21H27FN6O2/c1-13-20(29)26-17-11-14(3-4-15(17)24-13)12-27-7-9-28(10-8-27)18-6-5-16(21(30)23-2)25-19(18)22/h5-6,14H,3-4,7-12H2,1-2H3,(H,23,30)(H,26,29)/t14-/m0/s1/i12D2. The van der Waals surface area contributed by atoms with Crippen LogP contribution in [0.4, 0.5) is 10.1 Å². The fraction of sp³-hybridized carbons (Fsp3) is 0.524. The lowest BCUT2D eigenvalue weighted by atomic mass is 9.88. The number of carbonyl (C=O) groups is 1. The van der Waals surface area contributed by atoms with Crippen molar-refractivity contribution in [3.05, 3.63) is 51.2 Å². The second-order valence-electron chi connectivity index (χ2n) is 7.71. The Hall–Kier alpha value is -2.81. The largest absolute Gasteiger partial charge is 0.365 e. The zero-order valence-corrected chi connectivity index (χ0v) is 17.2. The fourth-order valence-corrected chi connectivity index (χ4v) is 4.02. The number of nitrogens with one attached hydrogen (secondary N) is 2. The number of amides is 1. The van der Waals surface area contributed by atoms with Gasteiger partial charge in [-0.2, -0.15) is 4.39 Å². The molecule has 1 amide bonds. The van der Waals surface area contributed by atoms with E-state index in [4.69, 9.17) is 2.74 Å². The van der Waals surface area contributed by atoms with E-state index in [2.05, 4.69) is 20.3 Å². The van der Waals surface area contributed by atoms with Crippen molar-refractivity contribution >= 4 is 11.6 Å². The molecule has 9 heteroatoms. The monoisotopic (exact) mass is 416 g/mol. The van der Waals surface area contributed by atoms with Crippen molar-refractivity contribution in [2.45, 2.75) is 26.2 Å². The number of hydrogen-bond donors (Lipinski definition) is 2. The van der Waals surface area contributed by atoms with E-state index < -0.39 is 18.4 Å². The van der Waals surface area contributed by atoms with Crippen molar-refractivity contribution in [3.63, 3.8) is 0 Å². The Balaban J connectivity index is 1.43. The number of carbonyl (C=O) groups excluding carboxylic acids is 1. The van der Waals surface area contributed by atoms with Gasteiger partial charge in [0.1, 0.15) is 11.4 Å². The molecule has 1 fully saturated rings. The summed E-state index contributed by atoms with van der Waals surface area (Å²) in [6.45, 7) is 1.85. The van der Waals surface area contributed by atoms with Gasteiger partial charge in [0, 0.05) is 48.2 Å². The van der Waals surface area contributed by atoms with Crippen LogP contribution in [0.25, 0.3) is 0 Å².